The number of rotatable bonds is 4. The smallest absolute Gasteiger partial charge is 0.151 e. The highest BCUT2D eigenvalue weighted by atomic mass is 32.1. The fraction of sp³-hybridized carbons (Fsp3) is 0.217. The molecule has 29 heavy (non-hydrogen) atoms. The maximum Gasteiger partial charge on any atom is 0.151 e. The van der Waals surface area contributed by atoms with Crippen molar-refractivity contribution in [2.75, 3.05) is 43.4 Å². The molecule has 146 valence electrons. The summed E-state index contributed by atoms with van der Waals surface area (Å²) in [6, 6.07) is 21.2. The minimum atomic E-state index is 0.856. The Morgan fingerprint density at radius 2 is 1.66 bits per heavy atom. The second-order valence-electron chi connectivity index (χ2n) is 7.38. The maximum atomic E-state index is 4.50. The highest BCUT2D eigenvalue weighted by molar-refractivity contribution is 7.22. The monoisotopic (exact) mass is 401 g/mol. The lowest BCUT2D eigenvalue weighted by molar-refractivity contribution is 0.313. The third kappa shape index (κ3) is 3.81. The Kier molecular flexibility index (Phi) is 4.87. The largest absolute Gasteiger partial charge is 0.369 e. The van der Waals surface area contributed by atoms with Crippen LogP contribution in [0.3, 0.4) is 0 Å². The Hall–Kier alpha value is -2.96. The quantitative estimate of drug-likeness (QED) is 0.529. The molecule has 2 aromatic heterocycles. The number of fused-ring (bicyclic) bond motifs is 1. The summed E-state index contributed by atoms with van der Waals surface area (Å²) in [5, 5.41) is 3.48. The molecule has 0 unspecified atom stereocenters. The SMILES string of the molecule is CN1CCN(c2ccc(Nc3ncnc4cc(-c5ccccc5)sc34)cc2)CC1. The van der Waals surface area contributed by atoms with Crippen molar-refractivity contribution in [3.8, 4) is 10.4 Å². The molecule has 1 aliphatic heterocycles. The normalized spacial score (nSPS) is 15.0. The van der Waals surface area contributed by atoms with Gasteiger partial charge in [0.25, 0.3) is 0 Å². The van der Waals surface area contributed by atoms with Crippen molar-refractivity contribution < 1.29 is 0 Å². The van der Waals surface area contributed by atoms with Gasteiger partial charge in [0, 0.05) is 42.4 Å². The molecule has 5 rings (SSSR count). The first-order valence-corrected chi connectivity index (χ1v) is 10.7. The number of piperazine rings is 1. The number of likely N-dealkylation sites (N-methyl/N-ethyl adjacent to an activating group) is 1. The van der Waals surface area contributed by atoms with Crippen molar-refractivity contribution in [2.24, 2.45) is 0 Å². The summed E-state index contributed by atoms with van der Waals surface area (Å²) in [7, 11) is 2.18. The summed E-state index contributed by atoms with van der Waals surface area (Å²) in [5.74, 6) is 0.856. The molecule has 0 aliphatic carbocycles. The fourth-order valence-electron chi connectivity index (χ4n) is 3.65. The van der Waals surface area contributed by atoms with Crippen molar-refractivity contribution >= 4 is 38.7 Å². The summed E-state index contributed by atoms with van der Waals surface area (Å²) in [4.78, 5) is 15.0. The van der Waals surface area contributed by atoms with Gasteiger partial charge in [-0.3, -0.25) is 0 Å². The standard InChI is InChI=1S/C23H23N5S/c1-27-11-13-28(14-12-27)19-9-7-18(8-10-19)26-23-22-20(24-16-25-23)15-21(29-22)17-5-3-2-4-6-17/h2-10,15-16H,11-14H2,1H3,(H,24,25,26). The molecular formula is C23H23N5S. The van der Waals surface area contributed by atoms with Crippen LogP contribution in [0.15, 0.2) is 67.0 Å². The molecule has 0 radical (unpaired) electrons. The summed E-state index contributed by atoms with van der Waals surface area (Å²) < 4.78 is 1.08. The van der Waals surface area contributed by atoms with E-state index in [-0.39, 0.29) is 0 Å². The molecule has 1 fully saturated rings. The average molecular weight is 402 g/mol. The Morgan fingerprint density at radius 3 is 2.41 bits per heavy atom. The molecule has 0 bridgehead atoms. The Balaban J connectivity index is 1.38. The van der Waals surface area contributed by atoms with E-state index in [2.05, 4.69) is 86.7 Å². The third-order valence-corrected chi connectivity index (χ3v) is 6.55. The molecule has 2 aromatic carbocycles. The summed E-state index contributed by atoms with van der Waals surface area (Å²) >= 11 is 1.72. The van der Waals surface area contributed by atoms with Crippen LogP contribution in [0.4, 0.5) is 17.2 Å². The van der Waals surface area contributed by atoms with Gasteiger partial charge in [0.2, 0.25) is 0 Å². The molecule has 0 atom stereocenters. The number of thiophene rings is 1. The number of nitrogens with one attached hydrogen (secondary N) is 1. The lowest BCUT2D eigenvalue weighted by Crippen LogP contribution is -2.44. The Bertz CT molecular complexity index is 1100. The first kappa shape index (κ1) is 18.1. The van der Waals surface area contributed by atoms with E-state index in [0.29, 0.717) is 0 Å². The van der Waals surface area contributed by atoms with Gasteiger partial charge >= 0.3 is 0 Å². The molecule has 6 heteroatoms. The molecule has 1 aliphatic rings. The first-order valence-electron chi connectivity index (χ1n) is 9.87. The van der Waals surface area contributed by atoms with Crippen LogP contribution in [0.5, 0.6) is 0 Å². The molecule has 1 N–H and O–H groups in total. The van der Waals surface area contributed by atoms with Crippen LogP contribution in [0.25, 0.3) is 20.7 Å². The number of benzene rings is 2. The van der Waals surface area contributed by atoms with Crippen LogP contribution in [-0.2, 0) is 0 Å². The van der Waals surface area contributed by atoms with Crippen molar-refractivity contribution in [1.29, 1.82) is 0 Å². The lowest BCUT2D eigenvalue weighted by Gasteiger charge is -2.34. The average Bonchev–Trinajstić information content (AvgIpc) is 3.21. The molecule has 4 aromatic rings. The van der Waals surface area contributed by atoms with E-state index < -0.39 is 0 Å². The van der Waals surface area contributed by atoms with Crippen LogP contribution in [0.1, 0.15) is 0 Å². The minimum absolute atomic E-state index is 0.856. The zero-order valence-electron chi connectivity index (χ0n) is 16.4. The molecule has 1 saturated heterocycles. The summed E-state index contributed by atoms with van der Waals surface area (Å²) in [6.07, 6.45) is 1.63. The van der Waals surface area contributed by atoms with Gasteiger partial charge in [0.05, 0.1) is 10.2 Å². The van der Waals surface area contributed by atoms with Gasteiger partial charge in [-0.05, 0) is 42.9 Å². The van der Waals surface area contributed by atoms with Gasteiger partial charge in [0.1, 0.15) is 6.33 Å². The van der Waals surface area contributed by atoms with Gasteiger partial charge in [-0.1, -0.05) is 30.3 Å². The number of aromatic nitrogens is 2. The van der Waals surface area contributed by atoms with Crippen molar-refractivity contribution in [2.45, 2.75) is 0 Å². The fourth-order valence-corrected chi connectivity index (χ4v) is 4.71. The zero-order valence-corrected chi connectivity index (χ0v) is 17.2. The van der Waals surface area contributed by atoms with E-state index >= 15 is 0 Å². The second-order valence-corrected chi connectivity index (χ2v) is 8.43. The Morgan fingerprint density at radius 1 is 0.897 bits per heavy atom. The van der Waals surface area contributed by atoms with Gasteiger partial charge in [0.15, 0.2) is 5.82 Å². The number of hydrogen-bond acceptors (Lipinski definition) is 6. The van der Waals surface area contributed by atoms with Crippen molar-refractivity contribution in [3.05, 3.63) is 67.0 Å². The van der Waals surface area contributed by atoms with Crippen LogP contribution in [0.2, 0.25) is 0 Å². The Labute approximate surface area is 174 Å². The first-order chi connectivity index (χ1) is 14.3. The van der Waals surface area contributed by atoms with Gasteiger partial charge in [-0.15, -0.1) is 11.3 Å². The minimum Gasteiger partial charge on any atom is -0.369 e. The van der Waals surface area contributed by atoms with E-state index in [9.17, 15) is 0 Å². The van der Waals surface area contributed by atoms with Crippen molar-refractivity contribution in [1.82, 2.24) is 14.9 Å². The molecule has 3 heterocycles. The molecule has 0 saturated carbocycles. The van der Waals surface area contributed by atoms with Crippen LogP contribution < -0.4 is 10.2 Å². The zero-order chi connectivity index (χ0) is 19.6. The van der Waals surface area contributed by atoms with E-state index in [1.165, 1.54) is 16.1 Å². The third-order valence-electron chi connectivity index (χ3n) is 5.37. The molecule has 0 amide bonds. The number of anilines is 3. The van der Waals surface area contributed by atoms with E-state index in [4.69, 9.17) is 0 Å². The summed E-state index contributed by atoms with van der Waals surface area (Å²) in [6.45, 7) is 4.38. The van der Waals surface area contributed by atoms with Gasteiger partial charge in [-0.25, -0.2) is 9.97 Å². The van der Waals surface area contributed by atoms with Crippen LogP contribution in [-0.4, -0.2) is 48.1 Å². The van der Waals surface area contributed by atoms with E-state index in [1.54, 1.807) is 17.7 Å². The number of nitrogens with zero attached hydrogens (tertiary/aromatic N) is 4. The lowest BCUT2D eigenvalue weighted by atomic mass is 10.2. The van der Waals surface area contributed by atoms with Crippen LogP contribution in [0, 0.1) is 0 Å². The second kappa shape index (κ2) is 7.81. The predicted molar refractivity (Wildman–Crippen MR) is 122 cm³/mol. The summed E-state index contributed by atoms with van der Waals surface area (Å²) in [5.41, 5.74) is 4.50. The molecular weight excluding hydrogens is 378 g/mol. The van der Waals surface area contributed by atoms with Gasteiger partial charge < -0.3 is 15.1 Å². The highest BCUT2D eigenvalue weighted by Crippen LogP contribution is 2.36. The maximum absolute atomic E-state index is 4.50. The van der Waals surface area contributed by atoms with Crippen LogP contribution >= 0.6 is 11.3 Å². The van der Waals surface area contributed by atoms with Crippen molar-refractivity contribution in [3.63, 3.8) is 0 Å². The van der Waals surface area contributed by atoms with E-state index in [0.717, 1.165) is 47.9 Å². The predicted octanol–water partition coefficient (Wildman–Crippen LogP) is 4.85. The number of hydrogen-bond donors (Lipinski definition) is 1. The van der Waals surface area contributed by atoms with Gasteiger partial charge in [-0.2, -0.15) is 0 Å². The topological polar surface area (TPSA) is 44.3 Å². The highest BCUT2D eigenvalue weighted by Gasteiger charge is 2.14. The molecule has 0 spiro atoms. The molecule has 5 nitrogen and oxygen atoms in total. The van der Waals surface area contributed by atoms with E-state index in [1.807, 2.05) is 6.07 Å².